The Morgan fingerprint density at radius 1 is 1.50 bits per heavy atom. The zero-order chi connectivity index (χ0) is 14.8. The Balaban J connectivity index is 1.86. The van der Waals surface area contributed by atoms with Gasteiger partial charge in [0.1, 0.15) is 0 Å². The summed E-state index contributed by atoms with van der Waals surface area (Å²) in [6.07, 6.45) is -0.496. The number of amides is 2. The van der Waals surface area contributed by atoms with Crippen LogP contribution in [0.15, 0.2) is 0 Å². The first-order chi connectivity index (χ1) is 9.43. The van der Waals surface area contributed by atoms with Crippen molar-refractivity contribution < 1.29 is 23.1 Å². The van der Waals surface area contributed by atoms with E-state index in [-0.39, 0.29) is 12.5 Å². The highest BCUT2D eigenvalue weighted by Gasteiger charge is 2.44. The van der Waals surface area contributed by atoms with Crippen LogP contribution in [0.25, 0.3) is 0 Å². The van der Waals surface area contributed by atoms with Gasteiger partial charge in [0, 0.05) is 33.2 Å². The van der Waals surface area contributed by atoms with Gasteiger partial charge < -0.3 is 14.5 Å². The lowest BCUT2D eigenvalue weighted by Crippen LogP contribution is -2.56. The molecule has 0 spiro atoms. The Hall–Kier alpha value is -1.28. The van der Waals surface area contributed by atoms with E-state index in [2.05, 4.69) is 5.32 Å². The van der Waals surface area contributed by atoms with Crippen LogP contribution >= 0.6 is 0 Å². The Morgan fingerprint density at radius 2 is 2.25 bits per heavy atom. The second-order valence-corrected chi connectivity index (χ2v) is 5.13. The van der Waals surface area contributed by atoms with Crippen molar-refractivity contribution in [1.29, 1.82) is 0 Å². The van der Waals surface area contributed by atoms with Crippen LogP contribution in [0.4, 0.5) is 8.78 Å². The molecule has 2 amide bonds. The highest BCUT2D eigenvalue weighted by molar-refractivity contribution is 5.88. The predicted octanol–water partition coefficient (Wildman–Crippen LogP) is -0.699. The van der Waals surface area contributed by atoms with Gasteiger partial charge in [-0.1, -0.05) is 0 Å². The van der Waals surface area contributed by atoms with Crippen molar-refractivity contribution in [3.8, 4) is 0 Å². The highest BCUT2D eigenvalue weighted by Crippen LogP contribution is 2.26. The van der Waals surface area contributed by atoms with Gasteiger partial charge in [-0.2, -0.15) is 0 Å². The third kappa shape index (κ3) is 3.43. The molecule has 6 nitrogen and oxygen atoms in total. The first-order valence-electron chi connectivity index (χ1n) is 6.60. The maximum atomic E-state index is 13.1. The molecule has 2 saturated heterocycles. The summed E-state index contributed by atoms with van der Waals surface area (Å²) < 4.78 is 31.1. The van der Waals surface area contributed by atoms with Crippen molar-refractivity contribution in [3.63, 3.8) is 0 Å². The Kier molecular flexibility index (Phi) is 4.54. The summed E-state index contributed by atoms with van der Waals surface area (Å²) >= 11 is 0. The monoisotopic (exact) mass is 291 g/mol. The topological polar surface area (TPSA) is 61.9 Å². The van der Waals surface area contributed by atoms with Gasteiger partial charge in [-0.15, -0.1) is 0 Å². The van der Waals surface area contributed by atoms with Crippen molar-refractivity contribution >= 4 is 11.8 Å². The Labute approximate surface area is 116 Å². The van der Waals surface area contributed by atoms with Crippen molar-refractivity contribution in [3.05, 3.63) is 0 Å². The third-order valence-electron chi connectivity index (χ3n) is 3.60. The molecule has 0 aromatic carbocycles. The molecular weight excluding hydrogens is 272 g/mol. The zero-order valence-corrected chi connectivity index (χ0v) is 11.4. The van der Waals surface area contributed by atoms with E-state index in [1.165, 1.54) is 4.90 Å². The minimum absolute atomic E-state index is 0.0493. The van der Waals surface area contributed by atoms with Crippen molar-refractivity contribution in [2.75, 3.05) is 46.4 Å². The number of alkyl halides is 2. The van der Waals surface area contributed by atoms with Gasteiger partial charge >= 0.3 is 0 Å². The number of methoxy groups -OCH3 is 1. The summed E-state index contributed by atoms with van der Waals surface area (Å²) in [5, 5.41) is 2.52. The number of ether oxygens (including phenoxy) is 1. The largest absolute Gasteiger partial charge is 0.383 e. The smallest absolute Gasteiger partial charge is 0.262 e. The molecule has 2 fully saturated rings. The van der Waals surface area contributed by atoms with E-state index in [4.69, 9.17) is 4.74 Å². The average Bonchev–Trinajstić information content (AvgIpc) is 2.77. The van der Waals surface area contributed by atoms with Crippen LogP contribution in [-0.2, 0) is 14.3 Å². The van der Waals surface area contributed by atoms with Gasteiger partial charge in [0.25, 0.3) is 5.92 Å². The SMILES string of the molecule is COCCN1CCN(C(=O)C2CC(F)(F)CN2)CC1=O. The number of hydrogen-bond donors (Lipinski definition) is 1. The minimum atomic E-state index is -2.84. The van der Waals surface area contributed by atoms with Gasteiger partial charge in [0.15, 0.2) is 0 Å². The molecule has 1 unspecified atom stereocenters. The van der Waals surface area contributed by atoms with Crippen LogP contribution in [0.1, 0.15) is 6.42 Å². The van der Waals surface area contributed by atoms with Gasteiger partial charge in [0.05, 0.1) is 25.7 Å². The fourth-order valence-corrected chi connectivity index (χ4v) is 2.45. The molecule has 0 aromatic rings. The van der Waals surface area contributed by atoms with Crippen molar-refractivity contribution in [2.24, 2.45) is 0 Å². The molecule has 2 heterocycles. The summed E-state index contributed by atoms with van der Waals surface area (Å²) in [5.41, 5.74) is 0. The molecule has 0 bridgehead atoms. The van der Waals surface area contributed by atoms with Crippen LogP contribution in [0.3, 0.4) is 0 Å². The van der Waals surface area contributed by atoms with Gasteiger partial charge in [-0.05, 0) is 0 Å². The summed E-state index contributed by atoms with van der Waals surface area (Å²) in [4.78, 5) is 26.9. The number of halogens is 2. The average molecular weight is 291 g/mol. The molecule has 2 rings (SSSR count). The highest BCUT2D eigenvalue weighted by atomic mass is 19.3. The first kappa shape index (κ1) is 15.1. The van der Waals surface area contributed by atoms with Crippen LogP contribution in [0.5, 0.6) is 0 Å². The predicted molar refractivity (Wildman–Crippen MR) is 66.4 cm³/mol. The molecule has 0 aliphatic carbocycles. The standard InChI is InChI=1S/C12H19F2N3O3/c1-20-5-4-16-2-3-17(7-10(16)18)11(19)9-6-12(13,14)8-15-9/h9,15H,2-8H2,1H3. The lowest BCUT2D eigenvalue weighted by molar-refractivity contribution is -0.146. The molecule has 8 heteroatoms. The van der Waals surface area contributed by atoms with Crippen LogP contribution < -0.4 is 5.32 Å². The molecule has 114 valence electrons. The van der Waals surface area contributed by atoms with E-state index in [1.54, 1.807) is 12.0 Å². The minimum Gasteiger partial charge on any atom is -0.383 e. The van der Waals surface area contributed by atoms with E-state index < -0.39 is 30.8 Å². The number of nitrogens with one attached hydrogen (secondary N) is 1. The Bertz CT molecular complexity index is 392. The molecule has 2 aliphatic rings. The summed E-state index contributed by atoms with van der Waals surface area (Å²) in [5.74, 6) is -3.43. The van der Waals surface area contributed by atoms with E-state index >= 15 is 0 Å². The fraction of sp³-hybridized carbons (Fsp3) is 0.833. The van der Waals surface area contributed by atoms with E-state index in [0.29, 0.717) is 26.2 Å². The third-order valence-corrected chi connectivity index (χ3v) is 3.60. The lowest BCUT2D eigenvalue weighted by Gasteiger charge is -2.35. The summed E-state index contributed by atoms with van der Waals surface area (Å²) in [6.45, 7) is 1.18. The Morgan fingerprint density at radius 3 is 2.80 bits per heavy atom. The first-order valence-corrected chi connectivity index (χ1v) is 6.60. The fourth-order valence-electron chi connectivity index (χ4n) is 2.45. The van der Waals surface area contributed by atoms with Crippen LogP contribution in [0.2, 0.25) is 0 Å². The molecule has 0 aromatic heterocycles. The normalized spacial score (nSPS) is 26.1. The number of carbonyl (C=O) groups excluding carboxylic acids is 2. The van der Waals surface area contributed by atoms with Crippen LogP contribution in [-0.4, -0.2) is 80.0 Å². The quantitative estimate of drug-likeness (QED) is 0.744. The molecule has 0 saturated carbocycles. The van der Waals surface area contributed by atoms with E-state index in [0.717, 1.165) is 0 Å². The number of carbonyl (C=O) groups is 2. The maximum Gasteiger partial charge on any atom is 0.262 e. The number of hydrogen-bond acceptors (Lipinski definition) is 4. The second kappa shape index (κ2) is 6.01. The number of nitrogens with zero attached hydrogens (tertiary/aromatic N) is 2. The molecule has 0 radical (unpaired) electrons. The van der Waals surface area contributed by atoms with Gasteiger partial charge in [-0.25, -0.2) is 8.78 Å². The zero-order valence-electron chi connectivity index (χ0n) is 11.4. The van der Waals surface area contributed by atoms with Crippen LogP contribution in [0, 0.1) is 0 Å². The second-order valence-electron chi connectivity index (χ2n) is 5.13. The molecule has 1 atom stereocenters. The number of piperazine rings is 1. The summed E-state index contributed by atoms with van der Waals surface area (Å²) in [7, 11) is 1.55. The van der Waals surface area contributed by atoms with Gasteiger partial charge in [-0.3, -0.25) is 14.9 Å². The number of rotatable bonds is 4. The lowest BCUT2D eigenvalue weighted by atomic mass is 10.1. The van der Waals surface area contributed by atoms with Crippen molar-refractivity contribution in [2.45, 2.75) is 18.4 Å². The molecule has 1 N–H and O–H groups in total. The maximum absolute atomic E-state index is 13.1. The molecular formula is C12H19F2N3O3. The molecule has 20 heavy (non-hydrogen) atoms. The van der Waals surface area contributed by atoms with Gasteiger partial charge in [0.2, 0.25) is 11.8 Å². The molecule has 2 aliphatic heterocycles. The summed E-state index contributed by atoms with van der Waals surface area (Å²) in [6, 6.07) is -0.886. The van der Waals surface area contributed by atoms with E-state index in [9.17, 15) is 18.4 Å². The van der Waals surface area contributed by atoms with Crippen molar-refractivity contribution in [1.82, 2.24) is 15.1 Å². The van der Waals surface area contributed by atoms with E-state index in [1.807, 2.05) is 0 Å².